The second-order valence-corrected chi connectivity index (χ2v) is 5.82. The summed E-state index contributed by atoms with van der Waals surface area (Å²) in [5.74, 6) is 0.302. The highest BCUT2D eigenvalue weighted by atomic mass is 16.2. The van der Waals surface area contributed by atoms with Crippen molar-refractivity contribution in [3.05, 3.63) is 0 Å². The van der Waals surface area contributed by atoms with Crippen LogP contribution in [0.4, 0.5) is 0 Å². The van der Waals surface area contributed by atoms with Crippen LogP contribution in [0.25, 0.3) is 0 Å². The quantitative estimate of drug-likeness (QED) is 0.817. The molecule has 1 heterocycles. The van der Waals surface area contributed by atoms with Crippen LogP contribution in [0.15, 0.2) is 0 Å². The van der Waals surface area contributed by atoms with E-state index in [4.69, 9.17) is 0 Å². The summed E-state index contributed by atoms with van der Waals surface area (Å²) in [5.41, 5.74) is 0. The number of carbonyl (C=O) groups excluding carboxylic acids is 1. The second-order valence-electron chi connectivity index (χ2n) is 5.82. The zero-order valence-corrected chi connectivity index (χ0v) is 11.8. The molecular weight excluding hydrogens is 226 g/mol. The molecule has 2 fully saturated rings. The first-order chi connectivity index (χ1) is 8.68. The molecule has 0 aromatic carbocycles. The van der Waals surface area contributed by atoms with E-state index < -0.39 is 0 Å². The summed E-state index contributed by atoms with van der Waals surface area (Å²) >= 11 is 0. The lowest BCUT2D eigenvalue weighted by Crippen LogP contribution is -2.53. The van der Waals surface area contributed by atoms with Crippen LogP contribution >= 0.6 is 0 Å². The fourth-order valence-electron chi connectivity index (χ4n) is 3.08. The molecule has 1 saturated carbocycles. The van der Waals surface area contributed by atoms with E-state index in [1.165, 1.54) is 32.1 Å². The van der Waals surface area contributed by atoms with Crippen LogP contribution in [0.2, 0.25) is 0 Å². The normalized spacial score (nSPS) is 27.1. The van der Waals surface area contributed by atoms with E-state index in [2.05, 4.69) is 17.1 Å². The highest BCUT2D eigenvalue weighted by Crippen LogP contribution is 2.21. The Labute approximate surface area is 111 Å². The molecule has 18 heavy (non-hydrogen) atoms. The largest absolute Gasteiger partial charge is 0.342 e. The van der Waals surface area contributed by atoms with E-state index in [-0.39, 0.29) is 0 Å². The van der Waals surface area contributed by atoms with Gasteiger partial charge in [-0.05, 0) is 19.8 Å². The van der Waals surface area contributed by atoms with Crippen molar-refractivity contribution in [3.63, 3.8) is 0 Å². The fourth-order valence-corrected chi connectivity index (χ4v) is 3.08. The average Bonchev–Trinajstić information content (AvgIpc) is 2.41. The van der Waals surface area contributed by atoms with Gasteiger partial charge in [-0.25, -0.2) is 0 Å². The van der Waals surface area contributed by atoms with Gasteiger partial charge in [0.05, 0.1) is 6.54 Å². The van der Waals surface area contributed by atoms with Gasteiger partial charge in [0.25, 0.3) is 0 Å². The van der Waals surface area contributed by atoms with E-state index >= 15 is 0 Å². The number of hydrogen-bond acceptors (Lipinski definition) is 3. The maximum atomic E-state index is 12.3. The molecule has 1 amide bonds. The summed E-state index contributed by atoms with van der Waals surface area (Å²) in [7, 11) is 1.99. The number of likely N-dealkylation sites (N-methyl/N-ethyl adjacent to an activating group) is 1. The monoisotopic (exact) mass is 253 g/mol. The van der Waals surface area contributed by atoms with Crippen molar-refractivity contribution in [1.29, 1.82) is 0 Å². The molecule has 0 aromatic rings. The third kappa shape index (κ3) is 3.45. The van der Waals surface area contributed by atoms with Crippen molar-refractivity contribution in [3.8, 4) is 0 Å². The molecule has 1 aliphatic carbocycles. The van der Waals surface area contributed by atoms with Crippen molar-refractivity contribution < 1.29 is 4.79 Å². The van der Waals surface area contributed by atoms with Gasteiger partial charge in [-0.1, -0.05) is 19.3 Å². The van der Waals surface area contributed by atoms with Crippen LogP contribution in [-0.4, -0.2) is 61.0 Å². The predicted octanol–water partition coefficient (Wildman–Crippen LogP) is 1.07. The van der Waals surface area contributed by atoms with Crippen LogP contribution in [0.3, 0.4) is 0 Å². The number of piperazine rings is 1. The van der Waals surface area contributed by atoms with Gasteiger partial charge in [0.1, 0.15) is 0 Å². The zero-order valence-electron chi connectivity index (χ0n) is 11.8. The molecule has 1 atom stereocenters. The minimum Gasteiger partial charge on any atom is -0.342 e. The topological polar surface area (TPSA) is 35.6 Å². The second kappa shape index (κ2) is 6.53. The molecule has 4 heteroatoms. The molecule has 4 nitrogen and oxygen atoms in total. The zero-order chi connectivity index (χ0) is 13.0. The summed E-state index contributed by atoms with van der Waals surface area (Å²) in [5, 5.41) is 3.36. The number of rotatable bonds is 3. The Morgan fingerprint density at radius 1 is 1.33 bits per heavy atom. The number of nitrogens with zero attached hydrogens (tertiary/aromatic N) is 2. The lowest BCUT2D eigenvalue weighted by atomic mass is 9.94. The van der Waals surface area contributed by atoms with Gasteiger partial charge < -0.3 is 10.2 Å². The van der Waals surface area contributed by atoms with Gasteiger partial charge in [-0.15, -0.1) is 0 Å². The Morgan fingerprint density at radius 2 is 2.06 bits per heavy atom. The summed E-state index contributed by atoms with van der Waals surface area (Å²) in [6, 6.07) is 0.965. The summed E-state index contributed by atoms with van der Waals surface area (Å²) in [6.45, 7) is 5.78. The number of carbonyl (C=O) groups is 1. The van der Waals surface area contributed by atoms with Crippen LogP contribution < -0.4 is 5.32 Å². The Kier molecular flexibility index (Phi) is 5.01. The molecule has 1 aliphatic heterocycles. The molecule has 1 saturated heterocycles. The standard InChI is InChI=1S/C14H27N3O/c1-12-10-15-8-9-17(12)11-14(18)16(2)13-6-4-3-5-7-13/h12-13,15H,3-11H2,1-2H3. The van der Waals surface area contributed by atoms with Crippen molar-refractivity contribution in [2.24, 2.45) is 0 Å². The van der Waals surface area contributed by atoms with E-state index in [0.717, 1.165) is 19.6 Å². The number of nitrogens with one attached hydrogen (secondary N) is 1. The SMILES string of the molecule is CC1CNCCN1CC(=O)N(C)C1CCCCC1. The lowest BCUT2D eigenvalue weighted by Gasteiger charge is -2.36. The van der Waals surface area contributed by atoms with Crippen LogP contribution in [0.5, 0.6) is 0 Å². The maximum Gasteiger partial charge on any atom is 0.236 e. The highest BCUT2D eigenvalue weighted by molar-refractivity contribution is 5.78. The summed E-state index contributed by atoms with van der Waals surface area (Å²) < 4.78 is 0. The fraction of sp³-hybridized carbons (Fsp3) is 0.929. The first-order valence-electron chi connectivity index (χ1n) is 7.39. The number of hydrogen-bond donors (Lipinski definition) is 1. The molecule has 0 spiro atoms. The molecule has 104 valence electrons. The van der Waals surface area contributed by atoms with Gasteiger partial charge in [-0.3, -0.25) is 9.69 Å². The van der Waals surface area contributed by atoms with Crippen LogP contribution in [0, 0.1) is 0 Å². The molecule has 0 bridgehead atoms. The van der Waals surface area contributed by atoms with Gasteiger partial charge >= 0.3 is 0 Å². The smallest absolute Gasteiger partial charge is 0.236 e. The number of amides is 1. The molecular formula is C14H27N3O. The minimum absolute atomic E-state index is 0.302. The van der Waals surface area contributed by atoms with E-state index in [1.807, 2.05) is 11.9 Å². The van der Waals surface area contributed by atoms with Gasteiger partial charge in [0.15, 0.2) is 0 Å². The summed E-state index contributed by atoms with van der Waals surface area (Å²) in [6.07, 6.45) is 6.30. The van der Waals surface area contributed by atoms with Gasteiger partial charge in [-0.2, -0.15) is 0 Å². The van der Waals surface area contributed by atoms with Crippen LogP contribution in [0.1, 0.15) is 39.0 Å². The molecule has 1 unspecified atom stereocenters. The Hall–Kier alpha value is -0.610. The lowest BCUT2D eigenvalue weighted by molar-refractivity contribution is -0.134. The average molecular weight is 253 g/mol. The molecule has 2 aliphatic rings. The maximum absolute atomic E-state index is 12.3. The van der Waals surface area contributed by atoms with E-state index in [0.29, 0.717) is 24.5 Å². The molecule has 0 radical (unpaired) electrons. The molecule has 1 N–H and O–H groups in total. The van der Waals surface area contributed by atoms with Crippen molar-refractivity contribution in [2.75, 3.05) is 33.2 Å². The van der Waals surface area contributed by atoms with Crippen molar-refractivity contribution in [1.82, 2.24) is 15.1 Å². The Morgan fingerprint density at radius 3 is 2.72 bits per heavy atom. The van der Waals surface area contributed by atoms with E-state index in [9.17, 15) is 4.79 Å². The highest BCUT2D eigenvalue weighted by Gasteiger charge is 2.26. The Balaban J connectivity index is 1.82. The molecule has 2 rings (SSSR count). The van der Waals surface area contributed by atoms with Crippen LogP contribution in [-0.2, 0) is 4.79 Å². The first-order valence-corrected chi connectivity index (χ1v) is 7.39. The minimum atomic E-state index is 0.302. The van der Waals surface area contributed by atoms with Crippen molar-refractivity contribution in [2.45, 2.75) is 51.1 Å². The Bertz CT molecular complexity index is 276. The van der Waals surface area contributed by atoms with Gasteiger partial charge in [0.2, 0.25) is 5.91 Å². The van der Waals surface area contributed by atoms with E-state index in [1.54, 1.807) is 0 Å². The molecule has 0 aromatic heterocycles. The first kappa shape index (κ1) is 13.8. The third-order valence-corrected chi connectivity index (χ3v) is 4.49. The van der Waals surface area contributed by atoms with Crippen molar-refractivity contribution >= 4 is 5.91 Å². The predicted molar refractivity (Wildman–Crippen MR) is 73.5 cm³/mol. The van der Waals surface area contributed by atoms with Gasteiger partial charge in [0, 0.05) is 38.8 Å². The summed E-state index contributed by atoms with van der Waals surface area (Å²) in [4.78, 5) is 16.6. The third-order valence-electron chi connectivity index (χ3n) is 4.49.